The Morgan fingerprint density at radius 3 is 2.87 bits per heavy atom. The zero-order valence-electron chi connectivity index (χ0n) is 16.7. The standard InChI is InChI=1S/C21H20IN5O3S/c1-23-20(28)16-5-3-14(10-25-16)29-8-2-7-24-19-18-15(11-31-21(18)27-12-26-19)17-6-4-13(9-22)30-17/h3-6,10-12H,2,7-9H2,1H3,(H,23,28)(H,24,26,27). The Kier molecular flexibility index (Phi) is 6.97. The molecule has 31 heavy (non-hydrogen) atoms. The number of hydrogen-bond acceptors (Lipinski definition) is 8. The number of nitrogens with one attached hydrogen (secondary N) is 2. The summed E-state index contributed by atoms with van der Waals surface area (Å²) in [4.78, 5) is 25.4. The van der Waals surface area contributed by atoms with Crippen LogP contribution in [0.5, 0.6) is 5.75 Å². The lowest BCUT2D eigenvalue weighted by Crippen LogP contribution is -2.19. The summed E-state index contributed by atoms with van der Waals surface area (Å²) in [7, 11) is 1.57. The highest BCUT2D eigenvalue weighted by atomic mass is 127. The molecule has 0 spiro atoms. The molecule has 10 heteroatoms. The lowest BCUT2D eigenvalue weighted by atomic mass is 10.2. The molecular weight excluding hydrogens is 529 g/mol. The molecule has 0 aromatic carbocycles. The smallest absolute Gasteiger partial charge is 0.269 e. The number of halogens is 1. The van der Waals surface area contributed by atoms with E-state index in [9.17, 15) is 4.79 Å². The molecule has 0 saturated carbocycles. The third kappa shape index (κ3) is 4.96. The van der Waals surface area contributed by atoms with Crippen LogP contribution in [0.2, 0.25) is 0 Å². The molecule has 0 saturated heterocycles. The van der Waals surface area contributed by atoms with Crippen LogP contribution in [-0.2, 0) is 4.43 Å². The molecule has 4 rings (SSSR count). The van der Waals surface area contributed by atoms with Crippen LogP contribution in [0.15, 0.2) is 46.6 Å². The van der Waals surface area contributed by atoms with Crippen molar-refractivity contribution < 1.29 is 13.9 Å². The second-order valence-corrected chi connectivity index (χ2v) is 8.16. The SMILES string of the molecule is CNC(=O)c1ccc(OCCCNc2ncnc3scc(-c4ccc(CI)o4)c23)cn1. The van der Waals surface area contributed by atoms with Gasteiger partial charge in [0, 0.05) is 24.5 Å². The first kappa shape index (κ1) is 21.5. The maximum absolute atomic E-state index is 11.5. The lowest BCUT2D eigenvalue weighted by Gasteiger charge is -2.09. The predicted molar refractivity (Wildman–Crippen MR) is 129 cm³/mol. The van der Waals surface area contributed by atoms with E-state index in [1.54, 1.807) is 43.0 Å². The van der Waals surface area contributed by atoms with Crippen molar-refractivity contribution in [3.8, 4) is 17.1 Å². The van der Waals surface area contributed by atoms with Gasteiger partial charge in [-0.15, -0.1) is 11.3 Å². The summed E-state index contributed by atoms with van der Waals surface area (Å²) < 4.78 is 12.5. The number of amides is 1. The van der Waals surface area contributed by atoms with E-state index in [0.717, 1.165) is 44.0 Å². The third-order valence-corrected chi connectivity index (χ3v) is 6.15. The predicted octanol–water partition coefficient (Wildman–Crippen LogP) is 4.52. The minimum atomic E-state index is -0.222. The molecule has 4 heterocycles. The zero-order chi connectivity index (χ0) is 21.6. The van der Waals surface area contributed by atoms with Crippen molar-refractivity contribution in [3.63, 3.8) is 0 Å². The fourth-order valence-corrected chi connectivity index (χ4v) is 4.29. The lowest BCUT2D eigenvalue weighted by molar-refractivity contribution is 0.0958. The molecule has 0 aliphatic rings. The highest BCUT2D eigenvalue weighted by Crippen LogP contribution is 2.37. The number of furan rings is 1. The van der Waals surface area contributed by atoms with Crippen molar-refractivity contribution in [2.45, 2.75) is 10.8 Å². The summed E-state index contributed by atoms with van der Waals surface area (Å²) in [6.45, 7) is 1.19. The van der Waals surface area contributed by atoms with Crippen molar-refractivity contribution in [1.82, 2.24) is 20.3 Å². The van der Waals surface area contributed by atoms with Crippen LogP contribution in [0.4, 0.5) is 5.82 Å². The highest BCUT2D eigenvalue weighted by molar-refractivity contribution is 14.1. The van der Waals surface area contributed by atoms with E-state index < -0.39 is 0 Å². The third-order valence-electron chi connectivity index (χ3n) is 4.51. The summed E-state index contributed by atoms with van der Waals surface area (Å²) in [5.74, 6) is 2.95. The van der Waals surface area contributed by atoms with E-state index in [0.29, 0.717) is 24.6 Å². The first-order chi connectivity index (χ1) is 15.2. The van der Waals surface area contributed by atoms with Gasteiger partial charge >= 0.3 is 0 Å². The second kappa shape index (κ2) is 10.1. The van der Waals surface area contributed by atoms with Gasteiger partial charge in [0.25, 0.3) is 5.91 Å². The van der Waals surface area contributed by atoms with Crippen LogP contribution >= 0.6 is 33.9 Å². The van der Waals surface area contributed by atoms with Crippen LogP contribution < -0.4 is 15.4 Å². The number of carbonyl (C=O) groups excluding carboxylic acids is 1. The number of ether oxygens (including phenoxy) is 1. The van der Waals surface area contributed by atoms with Crippen LogP contribution in [0.3, 0.4) is 0 Å². The first-order valence-corrected chi connectivity index (χ1v) is 12.0. The van der Waals surface area contributed by atoms with Crippen molar-refractivity contribution in [1.29, 1.82) is 0 Å². The van der Waals surface area contributed by atoms with Crippen LogP contribution in [0, 0.1) is 0 Å². The number of thiophene rings is 1. The Labute approximate surface area is 196 Å². The summed E-state index contributed by atoms with van der Waals surface area (Å²) in [6.07, 6.45) is 3.89. The number of alkyl halides is 1. The molecule has 0 unspecified atom stereocenters. The molecule has 0 aliphatic heterocycles. The van der Waals surface area contributed by atoms with Crippen LogP contribution in [-0.4, -0.2) is 41.1 Å². The minimum absolute atomic E-state index is 0.222. The number of rotatable bonds is 9. The largest absolute Gasteiger partial charge is 0.492 e. The summed E-state index contributed by atoms with van der Waals surface area (Å²) in [6, 6.07) is 7.36. The van der Waals surface area contributed by atoms with Gasteiger partial charge in [0.15, 0.2) is 0 Å². The molecule has 4 aromatic rings. The topological polar surface area (TPSA) is 102 Å². The van der Waals surface area contributed by atoms with Crippen molar-refractivity contribution >= 4 is 55.9 Å². The van der Waals surface area contributed by atoms with Gasteiger partial charge in [-0.3, -0.25) is 4.79 Å². The van der Waals surface area contributed by atoms with Crippen LogP contribution in [0.25, 0.3) is 21.5 Å². The zero-order valence-corrected chi connectivity index (χ0v) is 19.7. The molecular formula is C21H20IN5O3S. The number of fused-ring (bicyclic) bond motifs is 1. The number of hydrogen-bond donors (Lipinski definition) is 2. The number of carbonyl (C=O) groups is 1. The van der Waals surface area contributed by atoms with E-state index in [4.69, 9.17) is 9.15 Å². The van der Waals surface area contributed by atoms with Gasteiger partial charge in [-0.25, -0.2) is 15.0 Å². The normalized spacial score (nSPS) is 10.9. The van der Waals surface area contributed by atoms with Gasteiger partial charge in [-0.05, 0) is 30.7 Å². The number of pyridine rings is 1. The summed E-state index contributed by atoms with van der Waals surface area (Å²) >= 11 is 3.86. The Balaban J connectivity index is 1.36. The number of anilines is 1. The van der Waals surface area contributed by atoms with Gasteiger partial charge in [0.1, 0.15) is 39.9 Å². The monoisotopic (exact) mass is 549 g/mol. The molecule has 8 nitrogen and oxygen atoms in total. The van der Waals surface area contributed by atoms with E-state index in [1.807, 2.05) is 12.1 Å². The average molecular weight is 549 g/mol. The quantitative estimate of drug-likeness (QED) is 0.180. The maximum atomic E-state index is 11.5. The highest BCUT2D eigenvalue weighted by Gasteiger charge is 2.15. The molecule has 0 fully saturated rings. The van der Waals surface area contributed by atoms with E-state index in [-0.39, 0.29) is 5.91 Å². The molecule has 4 aromatic heterocycles. The van der Waals surface area contributed by atoms with Gasteiger partial charge in [0.2, 0.25) is 0 Å². The van der Waals surface area contributed by atoms with Crippen molar-refractivity contribution in [2.75, 3.05) is 25.5 Å². The molecule has 0 bridgehead atoms. The fraction of sp³-hybridized carbons (Fsp3) is 0.238. The molecule has 2 N–H and O–H groups in total. The van der Waals surface area contributed by atoms with Crippen LogP contribution in [0.1, 0.15) is 22.7 Å². The Bertz CT molecular complexity index is 1180. The Hall–Kier alpha value is -2.73. The van der Waals surface area contributed by atoms with Gasteiger partial charge in [0.05, 0.1) is 22.6 Å². The Morgan fingerprint density at radius 1 is 1.23 bits per heavy atom. The molecule has 160 valence electrons. The molecule has 0 radical (unpaired) electrons. The van der Waals surface area contributed by atoms with Gasteiger partial charge in [-0.1, -0.05) is 22.6 Å². The van der Waals surface area contributed by atoms with E-state index in [1.165, 1.54) is 0 Å². The van der Waals surface area contributed by atoms with Gasteiger partial charge in [-0.2, -0.15) is 0 Å². The molecule has 0 atom stereocenters. The minimum Gasteiger partial charge on any atom is -0.492 e. The molecule has 1 amide bonds. The van der Waals surface area contributed by atoms with Crippen molar-refractivity contribution in [3.05, 3.63) is 53.6 Å². The van der Waals surface area contributed by atoms with E-state index in [2.05, 4.69) is 53.6 Å². The summed E-state index contributed by atoms with van der Waals surface area (Å²) in [5.41, 5.74) is 1.36. The first-order valence-electron chi connectivity index (χ1n) is 9.61. The van der Waals surface area contributed by atoms with Crippen molar-refractivity contribution in [2.24, 2.45) is 0 Å². The van der Waals surface area contributed by atoms with E-state index >= 15 is 0 Å². The molecule has 0 aliphatic carbocycles. The fourth-order valence-electron chi connectivity index (χ4n) is 2.98. The van der Waals surface area contributed by atoms with Gasteiger partial charge < -0.3 is 19.8 Å². The average Bonchev–Trinajstić information content (AvgIpc) is 3.46. The summed E-state index contributed by atoms with van der Waals surface area (Å²) in [5, 5.41) is 8.95. The number of nitrogens with zero attached hydrogens (tertiary/aromatic N) is 3. The Morgan fingerprint density at radius 2 is 2.13 bits per heavy atom. The maximum Gasteiger partial charge on any atom is 0.269 e. The number of aromatic nitrogens is 3. The second-order valence-electron chi connectivity index (χ2n) is 6.54.